The lowest BCUT2D eigenvalue weighted by atomic mass is 10.2. The number of halogens is 1. The van der Waals surface area contributed by atoms with Crippen LogP contribution in [0.4, 0.5) is 0 Å². The van der Waals surface area contributed by atoms with Gasteiger partial charge in [0.25, 0.3) is 0 Å². The van der Waals surface area contributed by atoms with Crippen molar-refractivity contribution in [1.82, 2.24) is 20.4 Å². The van der Waals surface area contributed by atoms with Gasteiger partial charge in [0.2, 0.25) is 0 Å². The highest BCUT2D eigenvalue weighted by Gasteiger charge is 2.03. The molecule has 0 atom stereocenters. The second kappa shape index (κ2) is 9.45. The minimum Gasteiger partial charge on any atom is -0.354 e. The van der Waals surface area contributed by atoms with E-state index in [0.717, 1.165) is 18.1 Å². The van der Waals surface area contributed by atoms with Gasteiger partial charge in [-0.15, -0.1) is 24.0 Å². The molecule has 0 spiro atoms. The fourth-order valence-electron chi connectivity index (χ4n) is 2.01. The molecule has 0 saturated heterocycles. The summed E-state index contributed by atoms with van der Waals surface area (Å²) in [6, 6.07) is 10.7. The molecule has 6 heteroatoms. The van der Waals surface area contributed by atoms with Crippen molar-refractivity contribution in [1.29, 1.82) is 0 Å². The number of aromatic nitrogens is 2. The number of rotatable bonds is 5. The molecular formula is C16H24IN5. The SMILES string of the molecule is CN=C(NCc1cnn(Cc2ccccc2)c1)NC(C)C.I. The molecule has 0 radical (unpaired) electrons. The van der Waals surface area contributed by atoms with Gasteiger partial charge in [0.1, 0.15) is 0 Å². The third-order valence-corrected chi connectivity index (χ3v) is 2.98. The van der Waals surface area contributed by atoms with Crippen LogP contribution >= 0.6 is 24.0 Å². The van der Waals surface area contributed by atoms with Crippen LogP contribution in [-0.4, -0.2) is 28.8 Å². The summed E-state index contributed by atoms with van der Waals surface area (Å²) in [6.45, 7) is 5.68. The van der Waals surface area contributed by atoms with Crippen molar-refractivity contribution in [3.63, 3.8) is 0 Å². The van der Waals surface area contributed by atoms with E-state index >= 15 is 0 Å². The van der Waals surface area contributed by atoms with Crippen LogP contribution in [0, 0.1) is 0 Å². The van der Waals surface area contributed by atoms with Crippen LogP contribution in [0.2, 0.25) is 0 Å². The molecule has 2 rings (SSSR count). The lowest BCUT2D eigenvalue weighted by Gasteiger charge is -2.13. The minimum atomic E-state index is 0. The maximum Gasteiger partial charge on any atom is 0.191 e. The van der Waals surface area contributed by atoms with Crippen molar-refractivity contribution in [2.45, 2.75) is 33.0 Å². The summed E-state index contributed by atoms with van der Waals surface area (Å²) < 4.78 is 1.95. The predicted molar refractivity (Wildman–Crippen MR) is 102 cm³/mol. The Hall–Kier alpha value is -1.57. The maximum atomic E-state index is 4.39. The zero-order valence-corrected chi connectivity index (χ0v) is 15.6. The first-order chi connectivity index (χ1) is 10.2. The van der Waals surface area contributed by atoms with Gasteiger partial charge < -0.3 is 10.6 Å². The average Bonchev–Trinajstić information content (AvgIpc) is 2.91. The molecule has 0 bridgehead atoms. The molecule has 0 unspecified atom stereocenters. The first kappa shape index (κ1) is 18.5. The molecule has 0 aliphatic carbocycles. The van der Waals surface area contributed by atoms with E-state index in [1.54, 1.807) is 7.05 Å². The molecule has 2 N–H and O–H groups in total. The Morgan fingerprint density at radius 3 is 2.59 bits per heavy atom. The summed E-state index contributed by atoms with van der Waals surface area (Å²) in [6.07, 6.45) is 3.95. The van der Waals surface area contributed by atoms with Crippen LogP contribution in [0.5, 0.6) is 0 Å². The van der Waals surface area contributed by atoms with Crippen LogP contribution in [0.15, 0.2) is 47.7 Å². The van der Waals surface area contributed by atoms with E-state index in [1.807, 2.05) is 29.1 Å². The third kappa shape index (κ3) is 6.05. The number of hydrogen-bond donors (Lipinski definition) is 2. The third-order valence-electron chi connectivity index (χ3n) is 2.98. The van der Waals surface area contributed by atoms with E-state index in [0.29, 0.717) is 12.6 Å². The Kier molecular flexibility index (Phi) is 7.94. The van der Waals surface area contributed by atoms with Gasteiger partial charge in [-0.3, -0.25) is 9.67 Å². The summed E-state index contributed by atoms with van der Waals surface area (Å²) in [7, 11) is 1.77. The van der Waals surface area contributed by atoms with Crippen molar-refractivity contribution >= 4 is 29.9 Å². The number of nitrogens with one attached hydrogen (secondary N) is 2. The van der Waals surface area contributed by atoms with Gasteiger partial charge in [-0.25, -0.2) is 0 Å². The molecule has 22 heavy (non-hydrogen) atoms. The van der Waals surface area contributed by atoms with E-state index in [-0.39, 0.29) is 24.0 Å². The summed E-state index contributed by atoms with van der Waals surface area (Å²) >= 11 is 0. The number of aliphatic imine (C=N–C) groups is 1. The van der Waals surface area contributed by atoms with Crippen molar-refractivity contribution < 1.29 is 0 Å². The molecule has 1 heterocycles. The zero-order chi connectivity index (χ0) is 15.1. The van der Waals surface area contributed by atoms with E-state index < -0.39 is 0 Å². The Labute approximate surface area is 149 Å². The molecule has 1 aromatic carbocycles. The van der Waals surface area contributed by atoms with Crippen molar-refractivity contribution in [3.05, 3.63) is 53.9 Å². The van der Waals surface area contributed by atoms with Gasteiger partial charge in [0.15, 0.2) is 5.96 Å². The minimum absolute atomic E-state index is 0. The van der Waals surface area contributed by atoms with E-state index in [9.17, 15) is 0 Å². The molecule has 2 aromatic rings. The van der Waals surface area contributed by atoms with Gasteiger partial charge in [-0.05, 0) is 19.4 Å². The molecule has 0 amide bonds. The number of guanidine groups is 1. The molecule has 1 aromatic heterocycles. The Bertz CT molecular complexity index is 577. The average molecular weight is 413 g/mol. The summed E-state index contributed by atoms with van der Waals surface area (Å²) in [5, 5.41) is 10.9. The van der Waals surface area contributed by atoms with Crippen molar-refractivity contribution in [2.75, 3.05) is 7.05 Å². The molecule has 120 valence electrons. The van der Waals surface area contributed by atoms with Gasteiger partial charge >= 0.3 is 0 Å². The summed E-state index contributed by atoms with van der Waals surface area (Å²) in [5.41, 5.74) is 2.38. The lowest BCUT2D eigenvalue weighted by Crippen LogP contribution is -2.40. The van der Waals surface area contributed by atoms with Gasteiger partial charge in [0.05, 0.1) is 12.7 Å². The first-order valence-corrected chi connectivity index (χ1v) is 7.20. The number of benzene rings is 1. The summed E-state index contributed by atoms with van der Waals surface area (Å²) in [4.78, 5) is 4.19. The number of nitrogens with zero attached hydrogens (tertiary/aromatic N) is 3. The molecule has 0 aliphatic rings. The quantitative estimate of drug-likeness (QED) is 0.450. The second-order valence-corrected chi connectivity index (χ2v) is 5.26. The normalized spacial score (nSPS) is 11.2. The van der Waals surface area contributed by atoms with E-state index in [4.69, 9.17) is 0 Å². The number of hydrogen-bond acceptors (Lipinski definition) is 2. The van der Waals surface area contributed by atoms with Crippen molar-refractivity contribution in [3.8, 4) is 0 Å². The van der Waals surface area contributed by atoms with Crippen molar-refractivity contribution in [2.24, 2.45) is 4.99 Å². The van der Waals surface area contributed by atoms with Crippen LogP contribution in [0.1, 0.15) is 25.0 Å². The van der Waals surface area contributed by atoms with Crippen LogP contribution in [0.25, 0.3) is 0 Å². The zero-order valence-electron chi connectivity index (χ0n) is 13.3. The lowest BCUT2D eigenvalue weighted by molar-refractivity contribution is 0.684. The van der Waals surface area contributed by atoms with Gasteiger partial charge in [-0.2, -0.15) is 5.10 Å². The first-order valence-electron chi connectivity index (χ1n) is 7.20. The Morgan fingerprint density at radius 2 is 1.95 bits per heavy atom. The molecule has 0 saturated carbocycles. The van der Waals surface area contributed by atoms with Gasteiger partial charge in [0, 0.05) is 31.4 Å². The maximum absolute atomic E-state index is 4.39. The molecule has 0 aliphatic heterocycles. The molecular weight excluding hydrogens is 389 g/mol. The molecule has 0 fully saturated rings. The Morgan fingerprint density at radius 1 is 1.23 bits per heavy atom. The van der Waals surface area contributed by atoms with E-state index in [1.165, 1.54) is 5.56 Å². The fourth-order valence-corrected chi connectivity index (χ4v) is 2.01. The fraction of sp³-hybridized carbons (Fsp3) is 0.375. The second-order valence-electron chi connectivity index (χ2n) is 5.26. The highest BCUT2D eigenvalue weighted by atomic mass is 127. The van der Waals surface area contributed by atoms with Crippen LogP contribution < -0.4 is 10.6 Å². The highest BCUT2D eigenvalue weighted by Crippen LogP contribution is 2.03. The van der Waals surface area contributed by atoms with Crippen LogP contribution in [0.3, 0.4) is 0 Å². The Balaban J connectivity index is 0.00000242. The largest absolute Gasteiger partial charge is 0.354 e. The standard InChI is InChI=1S/C16H23N5.HI/c1-13(2)20-16(17-3)18-9-15-10-19-21(12-15)11-14-7-5-4-6-8-14;/h4-8,10,12-13H,9,11H2,1-3H3,(H2,17,18,20);1H. The summed E-state index contributed by atoms with van der Waals surface area (Å²) in [5.74, 6) is 0.806. The smallest absolute Gasteiger partial charge is 0.191 e. The molecule has 5 nitrogen and oxygen atoms in total. The highest BCUT2D eigenvalue weighted by molar-refractivity contribution is 14.0. The van der Waals surface area contributed by atoms with E-state index in [2.05, 4.69) is 52.9 Å². The van der Waals surface area contributed by atoms with Crippen LogP contribution in [-0.2, 0) is 13.1 Å². The monoisotopic (exact) mass is 413 g/mol. The predicted octanol–water partition coefficient (Wildman–Crippen LogP) is 2.62. The topological polar surface area (TPSA) is 54.2 Å². The van der Waals surface area contributed by atoms with Gasteiger partial charge in [-0.1, -0.05) is 30.3 Å².